The van der Waals surface area contributed by atoms with E-state index in [9.17, 15) is 9.59 Å². The van der Waals surface area contributed by atoms with Gasteiger partial charge in [-0.25, -0.2) is 9.59 Å². The Morgan fingerprint density at radius 3 is 2.67 bits per heavy atom. The maximum Gasteiger partial charge on any atom is 0.407 e. The lowest BCUT2D eigenvalue weighted by atomic mass is 10.2. The summed E-state index contributed by atoms with van der Waals surface area (Å²) in [7, 11) is 0. The number of carboxylic acid groups (broad SMARTS) is 1. The molecule has 1 aromatic rings. The Balaban J connectivity index is 2.14. The third kappa shape index (κ3) is 6.99. The number of carbonyl (C=O) groups excluding carboxylic acids is 1. The van der Waals surface area contributed by atoms with Crippen LogP contribution in [0.3, 0.4) is 0 Å². The average molecular weight is 315 g/mol. The number of hydrogen-bond donors (Lipinski definition) is 2. The van der Waals surface area contributed by atoms with Crippen molar-refractivity contribution in [2.75, 3.05) is 13.2 Å². The third-order valence-corrected chi connectivity index (χ3v) is 3.20. The van der Waals surface area contributed by atoms with Gasteiger partial charge in [0.25, 0.3) is 0 Å². The molecule has 21 heavy (non-hydrogen) atoms. The molecule has 0 aromatic carbocycles. The van der Waals surface area contributed by atoms with Crippen LogP contribution in [0.25, 0.3) is 0 Å². The molecule has 118 valence electrons. The molecule has 0 saturated carbocycles. The molecule has 0 bridgehead atoms. The van der Waals surface area contributed by atoms with Gasteiger partial charge in [-0.05, 0) is 45.1 Å². The van der Waals surface area contributed by atoms with Crippen molar-refractivity contribution in [1.29, 1.82) is 0 Å². The Morgan fingerprint density at radius 2 is 2.05 bits per heavy atom. The molecule has 7 heteroatoms. The second-order valence-electron chi connectivity index (χ2n) is 5.40. The lowest BCUT2D eigenvalue weighted by molar-refractivity contribution is 0.0525. The van der Waals surface area contributed by atoms with E-state index in [0.717, 1.165) is 17.8 Å². The van der Waals surface area contributed by atoms with Gasteiger partial charge < -0.3 is 19.9 Å². The summed E-state index contributed by atoms with van der Waals surface area (Å²) < 4.78 is 10.5. The third-order valence-electron chi connectivity index (χ3n) is 2.32. The zero-order chi connectivity index (χ0) is 15.9. The van der Waals surface area contributed by atoms with E-state index in [1.807, 2.05) is 0 Å². The van der Waals surface area contributed by atoms with Crippen molar-refractivity contribution in [3.05, 3.63) is 16.3 Å². The molecule has 1 aromatic heterocycles. The quantitative estimate of drug-likeness (QED) is 0.755. The number of hydrogen-bond acceptors (Lipinski definition) is 5. The summed E-state index contributed by atoms with van der Waals surface area (Å²) in [5.41, 5.74) is -0.501. The van der Waals surface area contributed by atoms with E-state index in [4.69, 9.17) is 14.6 Å². The van der Waals surface area contributed by atoms with Gasteiger partial charge in [-0.3, -0.25) is 0 Å². The van der Waals surface area contributed by atoms with Gasteiger partial charge in [0.15, 0.2) is 4.88 Å². The van der Waals surface area contributed by atoms with Gasteiger partial charge in [-0.15, -0.1) is 11.3 Å². The fraction of sp³-hybridized carbons (Fsp3) is 0.571. The molecule has 2 N–H and O–H groups in total. The van der Waals surface area contributed by atoms with E-state index in [1.54, 1.807) is 32.2 Å². The average Bonchev–Trinajstić information content (AvgIpc) is 2.79. The van der Waals surface area contributed by atoms with E-state index in [2.05, 4.69) is 5.32 Å². The SMILES string of the molecule is CC(C)(C)OC(=O)NCCCCOc1ccsc1C(=O)O. The Kier molecular flexibility index (Phi) is 6.48. The van der Waals surface area contributed by atoms with Crippen LogP contribution in [0.1, 0.15) is 43.3 Å². The van der Waals surface area contributed by atoms with Gasteiger partial charge in [-0.2, -0.15) is 0 Å². The van der Waals surface area contributed by atoms with Gasteiger partial charge >= 0.3 is 12.1 Å². The molecule has 0 spiro atoms. The number of alkyl carbamates (subject to hydrolysis) is 1. The fourth-order valence-electron chi connectivity index (χ4n) is 1.48. The maximum absolute atomic E-state index is 11.4. The van der Waals surface area contributed by atoms with E-state index in [-0.39, 0.29) is 4.88 Å². The smallest absolute Gasteiger partial charge is 0.407 e. The highest BCUT2D eigenvalue weighted by Crippen LogP contribution is 2.24. The first kappa shape index (κ1) is 17.3. The second-order valence-corrected chi connectivity index (χ2v) is 6.32. The lowest BCUT2D eigenvalue weighted by Crippen LogP contribution is -2.33. The molecule has 1 rings (SSSR count). The highest BCUT2D eigenvalue weighted by atomic mass is 32.1. The van der Waals surface area contributed by atoms with Crippen LogP contribution in [0, 0.1) is 0 Å². The Bertz CT molecular complexity index is 478. The molecule has 0 aliphatic heterocycles. The number of nitrogens with one attached hydrogen (secondary N) is 1. The molecule has 6 nitrogen and oxygen atoms in total. The summed E-state index contributed by atoms with van der Waals surface area (Å²) in [5.74, 6) is -0.584. The van der Waals surface area contributed by atoms with E-state index in [1.165, 1.54) is 0 Å². The van der Waals surface area contributed by atoms with Gasteiger partial charge in [0, 0.05) is 6.54 Å². The standard InChI is InChI=1S/C14H21NO5S/c1-14(2,3)20-13(18)15-7-4-5-8-19-10-6-9-21-11(10)12(16)17/h6,9H,4-5,7-8H2,1-3H3,(H,15,18)(H,16,17). The summed E-state index contributed by atoms with van der Waals surface area (Å²) in [5, 5.41) is 13.3. The summed E-state index contributed by atoms with van der Waals surface area (Å²) in [4.78, 5) is 22.5. The molecule has 0 unspecified atom stereocenters. The van der Waals surface area contributed by atoms with Crippen molar-refractivity contribution in [3.8, 4) is 5.75 Å². The number of unbranched alkanes of at least 4 members (excludes halogenated alkanes) is 1. The van der Waals surface area contributed by atoms with Gasteiger partial charge in [0.05, 0.1) is 6.61 Å². The Hall–Kier alpha value is -1.76. The molecular formula is C14H21NO5S. The zero-order valence-corrected chi connectivity index (χ0v) is 13.3. The molecule has 0 radical (unpaired) electrons. The number of carboxylic acids is 1. The van der Waals surface area contributed by atoms with Gasteiger partial charge in [0.2, 0.25) is 0 Å². The Morgan fingerprint density at radius 1 is 1.33 bits per heavy atom. The van der Waals surface area contributed by atoms with Crippen molar-refractivity contribution < 1.29 is 24.2 Å². The largest absolute Gasteiger partial charge is 0.492 e. The lowest BCUT2D eigenvalue weighted by Gasteiger charge is -2.19. The van der Waals surface area contributed by atoms with Crippen molar-refractivity contribution in [1.82, 2.24) is 5.32 Å². The number of ether oxygens (including phenoxy) is 2. The minimum absolute atomic E-state index is 0.210. The summed E-state index contributed by atoms with van der Waals surface area (Å²) >= 11 is 1.14. The van der Waals surface area contributed by atoms with E-state index < -0.39 is 17.7 Å². The van der Waals surface area contributed by atoms with Crippen LogP contribution in [-0.2, 0) is 4.74 Å². The predicted molar refractivity (Wildman–Crippen MR) is 80.2 cm³/mol. The van der Waals surface area contributed by atoms with Crippen molar-refractivity contribution >= 4 is 23.4 Å². The molecule has 0 saturated heterocycles. The minimum Gasteiger partial charge on any atom is -0.492 e. The monoisotopic (exact) mass is 315 g/mol. The van der Waals surface area contributed by atoms with Crippen molar-refractivity contribution in [2.24, 2.45) is 0 Å². The highest BCUT2D eigenvalue weighted by molar-refractivity contribution is 7.12. The van der Waals surface area contributed by atoms with Gasteiger partial charge in [-0.1, -0.05) is 0 Å². The molecular weight excluding hydrogens is 294 g/mol. The molecule has 1 amide bonds. The normalized spacial score (nSPS) is 11.0. The van der Waals surface area contributed by atoms with Crippen molar-refractivity contribution in [2.45, 2.75) is 39.2 Å². The van der Waals surface area contributed by atoms with E-state index >= 15 is 0 Å². The topological polar surface area (TPSA) is 84.9 Å². The van der Waals surface area contributed by atoms with Crippen LogP contribution in [-0.4, -0.2) is 35.9 Å². The molecule has 0 aliphatic rings. The number of thiophene rings is 1. The first-order valence-electron chi connectivity index (χ1n) is 6.70. The molecule has 0 aliphatic carbocycles. The van der Waals surface area contributed by atoms with Crippen molar-refractivity contribution in [3.63, 3.8) is 0 Å². The fourth-order valence-corrected chi connectivity index (χ4v) is 2.15. The highest BCUT2D eigenvalue weighted by Gasteiger charge is 2.15. The van der Waals surface area contributed by atoms with Crippen LogP contribution in [0.2, 0.25) is 0 Å². The number of amides is 1. The van der Waals surface area contributed by atoms with Crippen LogP contribution >= 0.6 is 11.3 Å². The second kappa shape index (κ2) is 7.87. The Labute approximate surface area is 128 Å². The predicted octanol–water partition coefficient (Wildman–Crippen LogP) is 3.13. The van der Waals surface area contributed by atoms with Gasteiger partial charge in [0.1, 0.15) is 11.4 Å². The summed E-state index contributed by atoms with van der Waals surface area (Å²) in [6.07, 6.45) is 1.01. The first-order chi connectivity index (χ1) is 9.79. The van der Waals surface area contributed by atoms with Crippen LogP contribution < -0.4 is 10.1 Å². The van der Waals surface area contributed by atoms with E-state index in [0.29, 0.717) is 25.3 Å². The summed E-state index contributed by atoms with van der Waals surface area (Å²) in [6, 6.07) is 1.65. The summed E-state index contributed by atoms with van der Waals surface area (Å²) in [6.45, 7) is 6.32. The number of rotatable bonds is 7. The zero-order valence-electron chi connectivity index (χ0n) is 12.5. The number of aromatic carboxylic acids is 1. The molecule has 0 atom stereocenters. The maximum atomic E-state index is 11.4. The minimum atomic E-state index is -0.980. The van der Waals surface area contributed by atoms with Crippen LogP contribution in [0.15, 0.2) is 11.4 Å². The van der Waals surface area contributed by atoms with Crippen LogP contribution in [0.5, 0.6) is 5.75 Å². The molecule has 1 heterocycles. The molecule has 0 fully saturated rings. The number of carbonyl (C=O) groups is 2. The first-order valence-corrected chi connectivity index (χ1v) is 7.58. The van der Waals surface area contributed by atoms with Crippen LogP contribution in [0.4, 0.5) is 4.79 Å².